The molecule has 2 aliphatic rings. The summed E-state index contributed by atoms with van der Waals surface area (Å²) < 4.78 is 6.48. The van der Waals surface area contributed by atoms with E-state index in [9.17, 15) is 9.90 Å². The van der Waals surface area contributed by atoms with Crippen LogP contribution < -0.4 is 15.4 Å². The summed E-state index contributed by atoms with van der Waals surface area (Å²) in [6.07, 6.45) is 5.79. The van der Waals surface area contributed by atoms with Crippen molar-refractivity contribution in [3.63, 3.8) is 0 Å². The molecule has 1 aromatic heterocycles. The average molecular weight is 472 g/mol. The van der Waals surface area contributed by atoms with Gasteiger partial charge in [-0.05, 0) is 61.6 Å². The highest BCUT2D eigenvalue weighted by Gasteiger charge is 2.45. The molecule has 1 amide bonds. The summed E-state index contributed by atoms with van der Waals surface area (Å²) in [5.74, 6) is 0.764. The fourth-order valence-corrected chi connectivity index (χ4v) is 5.24. The van der Waals surface area contributed by atoms with Crippen LogP contribution in [-0.2, 0) is 11.2 Å². The predicted molar refractivity (Wildman–Crippen MR) is 136 cm³/mol. The summed E-state index contributed by atoms with van der Waals surface area (Å²) in [5.41, 5.74) is 4.02. The summed E-state index contributed by atoms with van der Waals surface area (Å²) >= 11 is 0. The van der Waals surface area contributed by atoms with Gasteiger partial charge in [0.15, 0.2) is 0 Å². The van der Waals surface area contributed by atoms with Crippen LogP contribution in [0.5, 0.6) is 5.75 Å². The van der Waals surface area contributed by atoms with Gasteiger partial charge in [-0.25, -0.2) is 0 Å². The molecule has 182 valence electrons. The molecule has 0 radical (unpaired) electrons. The third kappa shape index (κ3) is 5.39. The molecular weight excluding hydrogens is 438 g/mol. The zero-order valence-electron chi connectivity index (χ0n) is 20.1. The standard InChI is InChI=1S/C29H33N3O3/c1-20(33)32-25(16-21-8-3-2-4-9-21)27(34)19-31-26-18-29(13-7-14-29)35-28-12-11-22(17-23(26)28)24-10-5-6-15-30-24/h2-6,8-12,15,17,25-27,31,34H,7,13-14,16,18-19H2,1H3,(H,32,33)/t25-,26-,27+/m0/s1. The fraction of sp³-hybridized carbons (Fsp3) is 0.379. The van der Waals surface area contributed by atoms with Gasteiger partial charge in [-0.2, -0.15) is 0 Å². The van der Waals surface area contributed by atoms with Crippen LogP contribution in [0.4, 0.5) is 0 Å². The third-order valence-electron chi connectivity index (χ3n) is 7.24. The molecule has 2 aromatic carbocycles. The summed E-state index contributed by atoms with van der Waals surface area (Å²) in [4.78, 5) is 16.4. The lowest BCUT2D eigenvalue weighted by molar-refractivity contribution is -0.120. The number of aliphatic hydroxyl groups excluding tert-OH is 1. The third-order valence-corrected chi connectivity index (χ3v) is 7.24. The van der Waals surface area contributed by atoms with Crippen molar-refractivity contribution in [1.82, 2.24) is 15.6 Å². The normalized spacial score (nSPS) is 19.7. The van der Waals surface area contributed by atoms with Crippen LogP contribution in [0.25, 0.3) is 11.3 Å². The predicted octanol–water partition coefficient (Wildman–Crippen LogP) is 4.19. The Morgan fingerprint density at radius 2 is 1.94 bits per heavy atom. The fourth-order valence-electron chi connectivity index (χ4n) is 5.24. The van der Waals surface area contributed by atoms with E-state index >= 15 is 0 Å². The number of aliphatic hydroxyl groups is 1. The zero-order valence-corrected chi connectivity index (χ0v) is 20.1. The molecule has 1 saturated carbocycles. The van der Waals surface area contributed by atoms with Gasteiger partial charge in [-0.3, -0.25) is 9.78 Å². The minimum Gasteiger partial charge on any atom is -0.487 e. The number of pyridine rings is 1. The van der Waals surface area contributed by atoms with Crippen molar-refractivity contribution in [1.29, 1.82) is 0 Å². The first-order valence-electron chi connectivity index (χ1n) is 12.5. The molecule has 6 heteroatoms. The maximum absolute atomic E-state index is 11.9. The molecule has 0 unspecified atom stereocenters. The van der Waals surface area contributed by atoms with Gasteiger partial charge >= 0.3 is 0 Å². The Labute approximate surface area is 206 Å². The number of hydrogen-bond donors (Lipinski definition) is 3. The van der Waals surface area contributed by atoms with Crippen molar-refractivity contribution in [3.05, 3.63) is 84.1 Å². The first-order valence-corrected chi connectivity index (χ1v) is 12.5. The summed E-state index contributed by atoms with van der Waals surface area (Å²) in [6, 6.07) is 21.8. The zero-order chi connectivity index (χ0) is 24.3. The number of hydrogen-bond acceptors (Lipinski definition) is 5. The Hall–Kier alpha value is -3.22. The van der Waals surface area contributed by atoms with Crippen LogP contribution in [0, 0.1) is 0 Å². The molecule has 3 aromatic rings. The van der Waals surface area contributed by atoms with Crippen LogP contribution in [0.2, 0.25) is 0 Å². The summed E-state index contributed by atoms with van der Waals surface area (Å²) in [6.45, 7) is 1.86. The maximum Gasteiger partial charge on any atom is 0.217 e. The van der Waals surface area contributed by atoms with Gasteiger partial charge in [0.25, 0.3) is 0 Å². The number of nitrogens with zero attached hydrogens (tertiary/aromatic N) is 1. The van der Waals surface area contributed by atoms with Crippen molar-refractivity contribution < 1.29 is 14.6 Å². The van der Waals surface area contributed by atoms with Crippen molar-refractivity contribution in [2.45, 2.75) is 62.8 Å². The monoisotopic (exact) mass is 471 g/mol. The van der Waals surface area contributed by atoms with Gasteiger partial charge in [-0.1, -0.05) is 36.4 Å². The lowest BCUT2D eigenvalue weighted by atomic mass is 9.72. The van der Waals surface area contributed by atoms with E-state index in [2.05, 4.69) is 33.8 Å². The topological polar surface area (TPSA) is 83.5 Å². The second-order valence-corrected chi connectivity index (χ2v) is 9.84. The van der Waals surface area contributed by atoms with Gasteiger partial charge in [0, 0.05) is 43.3 Å². The number of nitrogens with one attached hydrogen (secondary N) is 2. The van der Waals surface area contributed by atoms with Crippen LogP contribution in [0.3, 0.4) is 0 Å². The molecule has 1 fully saturated rings. The smallest absolute Gasteiger partial charge is 0.217 e. The second-order valence-electron chi connectivity index (χ2n) is 9.84. The van der Waals surface area contributed by atoms with Crippen LogP contribution in [0.1, 0.15) is 49.8 Å². The highest BCUT2D eigenvalue weighted by molar-refractivity contribution is 5.73. The Kier molecular flexibility index (Phi) is 6.84. The Morgan fingerprint density at radius 1 is 1.14 bits per heavy atom. The van der Waals surface area contributed by atoms with Gasteiger partial charge in [0.2, 0.25) is 5.91 Å². The summed E-state index contributed by atoms with van der Waals surface area (Å²) in [5, 5.41) is 17.7. The molecule has 35 heavy (non-hydrogen) atoms. The van der Waals surface area contributed by atoms with E-state index < -0.39 is 6.10 Å². The molecule has 0 saturated heterocycles. The van der Waals surface area contributed by atoms with Crippen molar-refractivity contribution in [3.8, 4) is 17.0 Å². The molecule has 1 aliphatic heterocycles. The van der Waals surface area contributed by atoms with Crippen LogP contribution >= 0.6 is 0 Å². The minimum atomic E-state index is -0.735. The Morgan fingerprint density at radius 3 is 2.63 bits per heavy atom. The van der Waals surface area contributed by atoms with E-state index in [1.165, 1.54) is 13.3 Å². The SMILES string of the molecule is CC(=O)N[C@@H](Cc1ccccc1)[C@H](O)CN[C@H]1CC2(CCC2)Oc2ccc(-c3ccccn3)cc21. The van der Waals surface area contributed by atoms with Gasteiger partial charge in [-0.15, -0.1) is 0 Å². The Balaban J connectivity index is 1.35. The maximum atomic E-state index is 11.9. The molecule has 3 N–H and O–H groups in total. The number of aromatic nitrogens is 1. The number of carbonyl (C=O) groups excluding carboxylic acids is 1. The minimum absolute atomic E-state index is 0.0482. The number of rotatable bonds is 8. The van der Waals surface area contributed by atoms with Crippen molar-refractivity contribution in [2.75, 3.05) is 6.54 Å². The molecule has 1 spiro atoms. The van der Waals surface area contributed by atoms with E-state index in [0.717, 1.165) is 47.4 Å². The highest BCUT2D eigenvalue weighted by Crippen LogP contribution is 2.49. The van der Waals surface area contributed by atoms with E-state index in [1.807, 2.05) is 48.5 Å². The van der Waals surface area contributed by atoms with Crippen molar-refractivity contribution >= 4 is 5.91 Å². The number of ether oxygens (including phenoxy) is 1. The highest BCUT2D eigenvalue weighted by atomic mass is 16.5. The largest absolute Gasteiger partial charge is 0.487 e. The van der Waals surface area contributed by atoms with Gasteiger partial charge in [0.1, 0.15) is 11.4 Å². The molecule has 0 bridgehead atoms. The number of amides is 1. The van der Waals surface area contributed by atoms with E-state index in [0.29, 0.717) is 13.0 Å². The summed E-state index contributed by atoms with van der Waals surface area (Å²) in [7, 11) is 0. The first kappa shape index (κ1) is 23.5. The lowest BCUT2D eigenvalue weighted by Crippen LogP contribution is -2.52. The first-order chi connectivity index (χ1) is 17.0. The second kappa shape index (κ2) is 10.2. The Bertz CT molecular complexity index is 1150. The van der Waals surface area contributed by atoms with Crippen molar-refractivity contribution in [2.24, 2.45) is 0 Å². The lowest BCUT2D eigenvalue weighted by Gasteiger charge is -2.48. The van der Waals surface area contributed by atoms with Gasteiger partial charge < -0.3 is 20.5 Å². The number of fused-ring (bicyclic) bond motifs is 1. The van der Waals surface area contributed by atoms with E-state index in [1.54, 1.807) is 6.20 Å². The van der Waals surface area contributed by atoms with Crippen LogP contribution in [0.15, 0.2) is 72.9 Å². The molecule has 2 heterocycles. The number of benzene rings is 2. The van der Waals surface area contributed by atoms with Gasteiger partial charge in [0.05, 0.1) is 17.8 Å². The molecule has 6 nitrogen and oxygen atoms in total. The van der Waals surface area contributed by atoms with E-state index in [4.69, 9.17) is 4.74 Å². The van der Waals surface area contributed by atoms with E-state index in [-0.39, 0.29) is 23.6 Å². The molecule has 3 atom stereocenters. The molecule has 5 rings (SSSR count). The quantitative estimate of drug-likeness (QED) is 0.459. The molecule has 1 aliphatic carbocycles. The number of carbonyl (C=O) groups is 1. The average Bonchev–Trinajstić information content (AvgIpc) is 2.86. The molecular formula is C29H33N3O3. The van der Waals surface area contributed by atoms with Crippen LogP contribution in [-0.4, -0.2) is 40.3 Å².